The summed E-state index contributed by atoms with van der Waals surface area (Å²) in [4.78, 5) is 13.2. The Hall–Kier alpha value is -2.64. The van der Waals surface area contributed by atoms with Gasteiger partial charge in [-0.15, -0.1) is 0 Å². The average Bonchev–Trinajstić information content (AvgIpc) is 3.39. The highest BCUT2D eigenvalue weighted by molar-refractivity contribution is 7.92. The predicted molar refractivity (Wildman–Crippen MR) is 126 cm³/mol. The topological polar surface area (TPSA) is 81.1 Å². The molecule has 0 unspecified atom stereocenters. The Bertz CT molecular complexity index is 1230. The maximum Gasteiger partial charge on any atom is 0.260 e. The van der Waals surface area contributed by atoms with Gasteiger partial charge in [0, 0.05) is 5.69 Å². The third kappa shape index (κ3) is 4.59. The first-order valence-electron chi connectivity index (χ1n) is 10.7. The molecule has 32 heavy (non-hydrogen) atoms. The maximum atomic E-state index is 12.9. The van der Waals surface area contributed by atoms with E-state index in [4.69, 9.17) is 11.6 Å². The summed E-state index contributed by atoms with van der Waals surface area (Å²) >= 11 is 6.49. The molecule has 1 saturated carbocycles. The van der Waals surface area contributed by atoms with Gasteiger partial charge >= 0.3 is 0 Å². The second kappa shape index (κ2) is 9.08. The normalized spacial score (nSPS) is 14.6. The highest BCUT2D eigenvalue weighted by atomic mass is 35.5. The molecule has 168 valence electrons. The molecule has 2 aromatic carbocycles. The summed E-state index contributed by atoms with van der Waals surface area (Å²) in [5.41, 5.74) is 3.54. The van der Waals surface area contributed by atoms with E-state index in [0.29, 0.717) is 41.2 Å². The van der Waals surface area contributed by atoms with Crippen LogP contribution in [0.4, 0.5) is 5.69 Å². The number of nitrogens with one attached hydrogen (secondary N) is 1. The zero-order chi connectivity index (χ0) is 22.9. The third-order valence-corrected chi connectivity index (χ3v) is 8.59. The van der Waals surface area contributed by atoms with E-state index in [9.17, 15) is 13.2 Å². The van der Waals surface area contributed by atoms with Crippen LogP contribution in [-0.4, -0.2) is 29.4 Å². The van der Waals surface area contributed by atoms with Crippen LogP contribution in [0, 0.1) is 13.8 Å². The van der Waals surface area contributed by atoms with Crippen molar-refractivity contribution in [2.75, 3.05) is 5.32 Å². The molecular formula is C24H26ClN3O3S. The Kier molecular flexibility index (Phi) is 6.40. The first-order valence-corrected chi connectivity index (χ1v) is 12.6. The van der Waals surface area contributed by atoms with E-state index in [0.717, 1.165) is 18.4 Å². The fourth-order valence-electron chi connectivity index (χ4n) is 4.10. The third-order valence-electron chi connectivity index (χ3n) is 5.93. The molecule has 0 saturated heterocycles. The lowest BCUT2D eigenvalue weighted by Gasteiger charge is -2.12. The standard InChI is InChI=1S/C24H26ClN3O3S/c1-16-7-9-18(10-8-16)15-28-23(25)22(17(2)27-28)24(29)26-19-11-13-21(14-12-19)32(30,31)20-5-3-4-6-20/h7-14,20H,3-6,15H2,1-2H3,(H,26,29). The molecule has 0 bridgehead atoms. The van der Waals surface area contributed by atoms with Gasteiger partial charge in [-0.25, -0.2) is 13.1 Å². The monoisotopic (exact) mass is 471 g/mol. The minimum atomic E-state index is -3.33. The number of benzene rings is 2. The van der Waals surface area contributed by atoms with E-state index in [-0.39, 0.29) is 16.3 Å². The maximum absolute atomic E-state index is 12.9. The summed E-state index contributed by atoms with van der Waals surface area (Å²) in [5, 5.41) is 7.19. The Morgan fingerprint density at radius 2 is 1.69 bits per heavy atom. The van der Waals surface area contributed by atoms with Crippen molar-refractivity contribution in [3.05, 3.63) is 76.1 Å². The number of carbonyl (C=O) groups is 1. The Morgan fingerprint density at radius 3 is 2.31 bits per heavy atom. The summed E-state index contributed by atoms with van der Waals surface area (Å²) in [6, 6.07) is 14.4. The Labute approximate surface area is 193 Å². The molecule has 0 aliphatic heterocycles. The van der Waals surface area contributed by atoms with Crippen LogP contribution in [0.1, 0.15) is 52.9 Å². The van der Waals surface area contributed by atoms with Gasteiger partial charge in [-0.1, -0.05) is 54.3 Å². The van der Waals surface area contributed by atoms with E-state index < -0.39 is 9.84 Å². The van der Waals surface area contributed by atoms with Crippen LogP contribution < -0.4 is 5.32 Å². The minimum absolute atomic E-state index is 0.265. The summed E-state index contributed by atoms with van der Waals surface area (Å²) in [5.74, 6) is -0.381. The highest BCUT2D eigenvalue weighted by Gasteiger charge is 2.30. The summed E-state index contributed by atoms with van der Waals surface area (Å²) in [7, 11) is -3.33. The molecule has 1 aliphatic carbocycles. The second-order valence-electron chi connectivity index (χ2n) is 8.32. The van der Waals surface area contributed by atoms with Crippen molar-refractivity contribution in [2.24, 2.45) is 0 Å². The van der Waals surface area contributed by atoms with Crippen molar-refractivity contribution in [1.29, 1.82) is 0 Å². The van der Waals surface area contributed by atoms with Crippen LogP contribution in [0.15, 0.2) is 53.4 Å². The summed E-state index contributed by atoms with van der Waals surface area (Å²) in [6.45, 7) is 4.22. The molecule has 0 atom stereocenters. The van der Waals surface area contributed by atoms with Crippen molar-refractivity contribution in [1.82, 2.24) is 9.78 Å². The van der Waals surface area contributed by atoms with Gasteiger partial charge < -0.3 is 5.32 Å². The van der Waals surface area contributed by atoms with E-state index in [1.807, 2.05) is 31.2 Å². The fourth-order valence-corrected chi connectivity index (χ4v) is 6.27. The number of sulfone groups is 1. The van der Waals surface area contributed by atoms with Crippen LogP contribution in [0.25, 0.3) is 0 Å². The predicted octanol–water partition coefficient (Wildman–Crippen LogP) is 5.17. The van der Waals surface area contributed by atoms with Gasteiger partial charge in [0.15, 0.2) is 9.84 Å². The lowest BCUT2D eigenvalue weighted by molar-refractivity contribution is 0.102. The number of nitrogens with zero attached hydrogens (tertiary/aromatic N) is 2. The molecule has 3 aromatic rings. The molecule has 1 aliphatic rings. The smallest absolute Gasteiger partial charge is 0.260 e. The SMILES string of the molecule is Cc1ccc(Cn2nc(C)c(C(=O)Nc3ccc(S(=O)(=O)C4CCCC4)cc3)c2Cl)cc1. The number of halogens is 1. The number of amides is 1. The second-order valence-corrected chi connectivity index (χ2v) is 10.9. The van der Waals surface area contributed by atoms with Crippen LogP contribution >= 0.6 is 11.6 Å². The quantitative estimate of drug-likeness (QED) is 0.537. The van der Waals surface area contributed by atoms with Gasteiger partial charge in [-0.2, -0.15) is 5.10 Å². The molecule has 0 spiro atoms. The van der Waals surface area contributed by atoms with Crippen LogP contribution in [-0.2, 0) is 16.4 Å². The molecule has 0 radical (unpaired) electrons. The van der Waals surface area contributed by atoms with Gasteiger partial charge in [0.25, 0.3) is 5.91 Å². The van der Waals surface area contributed by atoms with Crippen LogP contribution in [0.2, 0.25) is 5.15 Å². The molecular weight excluding hydrogens is 446 g/mol. The van der Waals surface area contributed by atoms with Gasteiger partial charge in [0.2, 0.25) is 0 Å². The zero-order valence-electron chi connectivity index (χ0n) is 18.1. The number of aromatic nitrogens is 2. The van der Waals surface area contributed by atoms with Crippen molar-refractivity contribution in [3.8, 4) is 0 Å². The largest absolute Gasteiger partial charge is 0.322 e. The van der Waals surface area contributed by atoms with E-state index in [1.165, 1.54) is 5.56 Å². The lowest BCUT2D eigenvalue weighted by atomic mass is 10.1. The molecule has 1 heterocycles. The zero-order valence-corrected chi connectivity index (χ0v) is 19.7. The first kappa shape index (κ1) is 22.6. The fraction of sp³-hybridized carbons (Fsp3) is 0.333. The lowest BCUT2D eigenvalue weighted by Crippen LogP contribution is -2.18. The number of aryl methyl sites for hydroxylation is 2. The van der Waals surface area contributed by atoms with Crippen LogP contribution in [0.3, 0.4) is 0 Å². The van der Waals surface area contributed by atoms with Gasteiger partial charge in [0.05, 0.1) is 27.9 Å². The number of hydrogen-bond acceptors (Lipinski definition) is 4. The van der Waals surface area contributed by atoms with E-state index in [2.05, 4.69) is 10.4 Å². The Morgan fingerprint density at radius 1 is 1.06 bits per heavy atom. The number of carbonyl (C=O) groups excluding carboxylic acids is 1. The van der Waals surface area contributed by atoms with Crippen molar-refractivity contribution in [3.63, 3.8) is 0 Å². The van der Waals surface area contributed by atoms with Crippen molar-refractivity contribution >= 4 is 33.0 Å². The summed E-state index contributed by atoms with van der Waals surface area (Å²) < 4.78 is 27.1. The van der Waals surface area contributed by atoms with Gasteiger partial charge in [-0.05, 0) is 56.5 Å². The highest BCUT2D eigenvalue weighted by Crippen LogP contribution is 2.30. The number of hydrogen-bond donors (Lipinski definition) is 1. The average molecular weight is 472 g/mol. The molecule has 1 aromatic heterocycles. The number of rotatable bonds is 6. The van der Waals surface area contributed by atoms with Gasteiger partial charge in [0.1, 0.15) is 5.15 Å². The van der Waals surface area contributed by atoms with E-state index in [1.54, 1.807) is 35.9 Å². The molecule has 6 nitrogen and oxygen atoms in total. The van der Waals surface area contributed by atoms with Crippen molar-refractivity contribution in [2.45, 2.75) is 56.2 Å². The molecule has 1 fully saturated rings. The molecule has 1 amide bonds. The first-order chi connectivity index (χ1) is 15.3. The van der Waals surface area contributed by atoms with Gasteiger partial charge in [-0.3, -0.25) is 4.79 Å². The summed E-state index contributed by atoms with van der Waals surface area (Å²) in [6.07, 6.45) is 3.34. The number of anilines is 1. The van der Waals surface area contributed by atoms with E-state index >= 15 is 0 Å². The Balaban J connectivity index is 1.49. The van der Waals surface area contributed by atoms with Crippen LogP contribution in [0.5, 0.6) is 0 Å². The molecule has 4 rings (SSSR count). The van der Waals surface area contributed by atoms with Crippen molar-refractivity contribution < 1.29 is 13.2 Å². The minimum Gasteiger partial charge on any atom is -0.322 e. The molecule has 8 heteroatoms. The molecule has 1 N–H and O–H groups in total.